The van der Waals surface area contributed by atoms with Gasteiger partial charge in [-0.15, -0.1) is 0 Å². The number of pyridine rings is 1. The molecule has 3 aromatic rings. The predicted molar refractivity (Wildman–Crippen MR) is 135 cm³/mol. The number of hydrogen-bond donors (Lipinski definition) is 1. The maximum atomic E-state index is 11.9. The second kappa shape index (κ2) is 9.63. The van der Waals surface area contributed by atoms with E-state index in [2.05, 4.69) is 16.7 Å². The van der Waals surface area contributed by atoms with Crippen molar-refractivity contribution in [2.45, 2.75) is 13.0 Å². The number of methoxy groups -OCH3 is 1. The van der Waals surface area contributed by atoms with Gasteiger partial charge in [-0.1, -0.05) is 0 Å². The van der Waals surface area contributed by atoms with E-state index in [9.17, 15) is 4.79 Å². The highest BCUT2D eigenvalue weighted by Crippen LogP contribution is 2.32. The third kappa shape index (κ3) is 4.35. The van der Waals surface area contributed by atoms with E-state index in [1.165, 1.54) is 7.11 Å². The molecule has 0 bridgehead atoms. The molecule has 1 unspecified atom stereocenters. The number of carbonyl (C=O) groups excluding carboxylic acids is 1. The minimum atomic E-state index is -0.546. The molecular weight excluding hydrogens is 452 g/mol. The number of amides is 1. The molecule has 0 aliphatic carbocycles. The Morgan fingerprint density at radius 2 is 1.97 bits per heavy atom. The number of thioether (sulfide) groups is 1. The highest BCUT2D eigenvalue weighted by atomic mass is 32.2. The summed E-state index contributed by atoms with van der Waals surface area (Å²) in [7, 11) is 1.52. The van der Waals surface area contributed by atoms with Gasteiger partial charge in [0.25, 0.3) is 5.91 Å². The molecule has 2 aromatic heterocycles. The molecule has 0 saturated carbocycles. The lowest BCUT2D eigenvalue weighted by atomic mass is 10.1. The van der Waals surface area contributed by atoms with Crippen molar-refractivity contribution in [1.29, 1.82) is 0 Å². The molecule has 178 valence electrons. The van der Waals surface area contributed by atoms with Gasteiger partial charge in [0.05, 0.1) is 43.0 Å². The molecule has 1 aromatic carbocycles. The van der Waals surface area contributed by atoms with Crippen LogP contribution >= 0.6 is 11.8 Å². The Kier molecular flexibility index (Phi) is 6.42. The Bertz CT molecular complexity index is 1220. The van der Waals surface area contributed by atoms with E-state index in [4.69, 9.17) is 30.2 Å². The molecule has 9 nitrogen and oxygen atoms in total. The SMILES string of the molecule is COc1ccc(-c2ccc3c(N4CCOCC4C)nc(N4CCSCC4)nc3n2)cc1C(N)=O. The molecular formula is C24H28N6O3S. The first-order valence-corrected chi connectivity index (χ1v) is 12.5. The van der Waals surface area contributed by atoms with Crippen LogP contribution in [-0.2, 0) is 4.74 Å². The van der Waals surface area contributed by atoms with Crippen molar-refractivity contribution in [1.82, 2.24) is 15.0 Å². The van der Waals surface area contributed by atoms with E-state index >= 15 is 0 Å². The zero-order valence-corrected chi connectivity index (χ0v) is 20.2. The highest BCUT2D eigenvalue weighted by Gasteiger charge is 2.25. The molecule has 2 saturated heterocycles. The van der Waals surface area contributed by atoms with E-state index in [1.807, 2.05) is 30.0 Å². The number of fused-ring (bicyclic) bond motifs is 1. The number of primary amides is 1. The van der Waals surface area contributed by atoms with Gasteiger partial charge in [0.2, 0.25) is 5.95 Å². The Morgan fingerprint density at radius 3 is 2.71 bits per heavy atom. The lowest BCUT2D eigenvalue weighted by Gasteiger charge is -2.35. The zero-order chi connectivity index (χ0) is 23.7. The van der Waals surface area contributed by atoms with Crippen LogP contribution in [0.4, 0.5) is 11.8 Å². The van der Waals surface area contributed by atoms with Crippen molar-refractivity contribution < 1.29 is 14.3 Å². The minimum Gasteiger partial charge on any atom is -0.496 e. The highest BCUT2D eigenvalue weighted by molar-refractivity contribution is 7.99. The number of rotatable bonds is 5. The summed E-state index contributed by atoms with van der Waals surface area (Å²) in [6, 6.07) is 9.47. The smallest absolute Gasteiger partial charge is 0.252 e. The number of nitrogens with two attached hydrogens (primary N) is 1. The summed E-state index contributed by atoms with van der Waals surface area (Å²) >= 11 is 1.95. The molecule has 2 N–H and O–H groups in total. The van der Waals surface area contributed by atoms with Crippen molar-refractivity contribution in [3.63, 3.8) is 0 Å². The second-order valence-corrected chi connectivity index (χ2v) is 9.64. The quantitative estimate of drug-likeness (QED) is 0.590. The third-order valence-corrected chi connectivity index (χ3v) is 7.16. The van der Waals surface area contributed by atoms with Gasteiger partial charge in [-0.25, -0.2) is 4.98 Å². The minimum absolute atomic E-state index is 0.205. The third-order valence-electron chi connectivity index (χ3n) is 6.22. The standard InChI is InChI=1S/C24H28N6O3S/c1-15-14-33-10-7-30(15)23-17-4-5-19(16-3-6-20(32-2)18(13-16)21(25)31)26-22(17)27-24(28-23)29-8-11-34-12-9-29/h3-6,13,15H,7-12,14H2,1-2H3,(H2,25,31). The van der Waals surface area contributed by atoms with Crippen LogP contribution in [0.25, 0.3) is 22.3 Å². The van der Waals surface area contributed by atoms with Crippen LogP contribution in [0, 0.1) is 0 Å². The molecule has 1 amide bonds. The number of anilines is 2. The molecule has 0 radical (unpaired) electrons. The van der Waals surface area contributed by atoms with Crippen LogP contribution in [0.3, 0.4) is 0 Å². The Balaban J connectivity index is 1.63. The average molecular weight is 481 g/mol. The number of ether oxygens (including phenoxy) is 2. The van der Waals surface area contributed by atoms with E-state index in [0.29, 0.717) is 41.8 Å². The van der Waals surface area contributed by atoms with Gasteiger partial charge in [0.15, 0.2) is 5.65 Å². The number of carbonyl (C=O) groups is 1. The molecule has 0 spiro atoms. The summed E-state index contributed by atoms with van der Waals surface area (Å²) in [5, 5.41) is 0.899. The molecule has 34 heavy (non-hydrogen) atoms. The fraction of sp³-hybridized carbons (Fsp3) is 0.417. The Morgan fingerprint density at radius 1 is 1.15 bits per heavy atom. The normalized spacial score (nSPS) is 18.8. The summed E-state index contributed by atoms with van der Waals surface area (Å²) < 4.78 is 10.9. The lowest BCUT2D eigenvalue weighted by Crippen LogP contribution is -2.44. The fourth-order valence-corrected chi connectivity index (χ4v) is 5.27. The Hall–Kier alpha value is -3.11. The number of morpholine rings is 1. The van der Waals surface area contributed by atoms with Crippen LogP contribution in [-0.4, -0.2) is 78.4 Å². The number of hydrogen-bond acceptors (Lipinski definition) is 9. The summed E-state index contributed by atoms with van der Waals surface area (Å²) in [4.78, 5) is 31.2. The van der Waals surface area contributed by atoms with Crippen molar-refractivity contribution in [2.75, 3.05) is 61.3 Å². The van der Waals surface area contributed by atoms with Crippen molar-refractivity contribution in [2.24, 2.45) is 5.73 Å². The topological polar surface area (TPSA) is 107 Å². The van der Waals surface area contributed by atoms with Gasteiger partial charge >= 0.3 is 0 Å². The monoisotopic (exact) mass is 480 g/mol. The van der Waals surface area contributed by atoms with Gasteiger partial charge in [-0.2, -0.15) is 21.7 Å². The van der Waals surface area contributed by atoms with Crippen molar-refractivity contribution in [3.8, 4) is 17.0 Å². The van der Waals surface area contributed by atoms with Gasteiger partial charge in [-0.3, -0.25) is 4.79 Å². The molecule has 1 atom stereocenters. The number of aromatic nitrogens is 3. The Labute approximate surface area is 202 Å². The van der Waals surface area contributed by atoms with Crippen LogP contribution in [0.2, 0.25) is 0 Å². The van der Waals surface area contributed by atoms with Crippen molar-refractivity contribution >= 4 is 40.5 Å². The van der Waals surface area contributed by atoms with E-state index in [0.717, 1.165) is 47.9 Å². The zero-order valence-electron chi connectivity index (χ0n) is 19.4. The largest absolute Gasteiger partial charge is 0.496 e. The average Bonchev–Trinajstić information content (AvgIpc) is 2.88. The predicted octanol–water partition coefficient (Wildman–Crippen LogP) is 2.58. The summed E-state index contributed by atoms with van der Waals surface area (Å²) in [6.07, 6.45) is 0. The molecule has 2 aliphatic heterocycles. The lowest BCUT2D eigenvalue weighted by molar-refractivity contribution is 0.0986. The van der Waals surface area contributed by atoms with Gasteiger partial charge in [0.1, 0.15) is 11.6 Å². The van der Waals surface area contributed by atoms with Gasteiger partial charge < -0.3 is 25.0 Å². The van der Waals surface area contributed by atoms with Crippen molar-refractivity contribution in [3.05, 3.63) is 35.9 Å². The molecule has 10 heteroatoms. The van der Waals surface area contributed by atoms with Gasteiger partial charge in [-0.05, 0) is 37.3 Å². The van der Waals surface area contributed by atoms with E-state index in [-0.39, 0.29) is 6.04 Å². The summed E-state index contributed by atoms with van der Waals surface area (Å²) in [6.45, 7) is 6.07. The molecule has 4 heterocycles. The summed E-state index contributed by atoms with van der Waals surface area (Å²) in [5.74, 6) is 3.60. The maximum Gasteiger partial charge on any atom is 0.252 e. The van der Waals surface area contributed by atoms with E-state index in [1.54, 1.807) is 12.1 Å². The number of nitrogens with zero attached hydrogens (tertiary/aromatic N) is 5. The summed E-state index contributed by atoms with van der Waals surface area (Å²) in [5.41, 5.74) is 7.99. The molecule has 5 rings (SSSR count). The first kappa shape index (κ1) is 22.7. The molecule has 2 fully saturated rings. The first-order chi connectivity index (χ1) is 16.5. The first-order valence-electron chi connectivity index (χ1n) is 11.4. The number of benzene rings is 1. The molecule has 2 aliphatic rings. The fourth-order valence-electron chi connectivity index (χ4n) is 4.37. The van der Waals surface area contributed by atoms with Crippen LogP contribution in [0.1, 0.15) is 17.3 Å². The maximum absolute atomic E-state index is 11.9. The van der Waals surface area contributed by atoms with Crippen LogP contribution in [0.15, 0.2) is 30.3 Å². The second-order valence-electron chi connectivity index (χ2n) is 8.41. The van der Waals surface area contributed by atoms with Crippen LogP contribution in [0.5, 0.6) is 5.75 Å². The van der Waals surface area contributed by atoms with Gasteiger partial charge in [0, 0.05) is 36.7 Å². The van der Waals surface area contributed by atoms with E-state index < -0.39 is 5.91 Å². The van der Waals surface area contributed by atoms with Crippen LogP contribution < -0.4 is 20.3 Å².